The van der Waals surface area contributed by atoms with Crippen LogP contribution in [0.5, 0.6) is 0 Å². The summed E-state index contributed by atoms with van der Waals surface area (Å²) in [6.07, 6.45) is 27.8. The summed E-state index contributed by atoms with van der Waals surface area (Å²) in [4.78, 5) is 4.98. The van der Waals surface area contributed by atoms with Gasteiger partial charge < -0.3 is 0 Å². The predicted molar refractivity (Wildman–Crippen MR) is 193 cm³/mol. The summed E-state index contributed by atoms with van der Waals surface area (Å²) in [7, 11) is 0.732. The predicted octanol–water partition coefficient (Wildman–Crippen LogP) is 12.5. The van der Waals surface area contributed by atoms with Gasteiger partial charge >= 0.3 is 0 Å². The van der Waals surface area contributed by atoms with Crippen LogP contribution < -0.4 is 0 Å². The Morgan fingerprint density at radius 3 is 2.36 bits per heavy atom. The van der Waals surface area contributed by atoms with E-state index in [1.165, 1.54) is 41.5 Å². The number of fused-ring (bicyclic) bond motifs is 3. The number of hydrogen-bond donors (Lipinski definition) is 0. The Labute approximate surface area is 261 Å². The van der Waals surface area contributed by atoms with Crippen molar-refractivity contribution >= 4 is 14.3 Å². The molecule has 1 aliphatic heterocycles. The summed E-state index contributed by atoms with van der Waals surface area (Å²) in [5, 5.41) is 0. The lowest BCUT2D eigenvalue weighted by atomic mass is 9.65. The minimum atomic E-state index is 0.281. The Bertz CT molecular complexity index is 1190. The van der Waals surface area contributed by atoms with Gasteiger partial charge in [-0.1, -0.05) is 153 Å². The maximum Gasteiger partial charge on any atom is 0.0954 e. The highest BCUT2D eigenvalue weighted by Gasteiger charge is 2.37. The fraction of sp³-hybridized carbons (Fsp3) is 0.475. The molecule has 0 saturated carbocycles. The summed E-state index contributed by atoms with van der Waals surface area (Å²) in [6.45, 7) is 23.4. The molecule has 42 heavy (non-hydrogen) atoms. The molecule has 1 heterocycles. The fourth-order valence-electron chi connectivity index (χ4n) is 6.00. The van der Waals surface area contributed by atoms with E-state index in [-0.39, 0.29) is 5.78 Å². The van der Waals surface area contributed by atoms with E-state index in [0.717, 1.165) is 32.5 Å². The quantitative estimate of drug-likeness (QED) is 0.247. The molecule has 0 aromatic heterocycles. The lowest BCUT2D eigenvalue weighted by Crippen LogP contribution is -2.30. The van der Waals surface area contributed by atoms with Crippen LogP contribution >= 0.6 is 8.58 Å². The summed E-state index contributed by atoms with van der Waals surface area (Å²) in [5.41, 5.74) is 6.69. The van der Waals surface area contributed by atoms with Crippen molar-refractivity contribution in [3.8, 4) is 0 Å². The molecule has 1 aromatic carbocycles. The molecule has 0 radical (unpaired) electrons. The third-order valence-electron chi connectivity index (χ3n) is 8.94. The van der Waals surface area contributed by atoms with Crippen LogP contribution in [0, 0.1) is 36.0 Å². The van der Waals surface area contributed by atoms with E-state index < -0.39 is 0 Å². The van der Waals surface area contributed by atoms with E-state index in [1.54, 1.807) is 0 Å². The van der Waals surface area contributed by atoms with Crippen LogP contribution in [0.3, 0.4) is 0 Å². The number of aliphatic imine (C=N–C) groups is 1. The number of allylic oxidation sites excluding steroid dienone is 12. The third-order valence-corrected chi connectivity index (χ3v) is 10.1. The lowest BCUT2D eigenvalue weighted by molar-refractivity contribution is 0.185. The van der Waals surface area contributed by atoms with Gasteiger partial charge in [0.2, 0.25) is 0 Å². The summed E-state index contributed by atoms with van der Waals surface area (Å²) in [6, 6.07) is 8.76. The Morgan fingerprint density at radius 1 is 0.976 bits per heavy atom. The van der Waals surface area contributed by atoms with Crippen LogP contribution in [-0.2, 0) is 0 Å². The fourth-order valence-corrected chi connectivity index (χ4v) is 7.03. The first-order valence-electron chi connectivity index (χ1n) is 16.4. The molecule has 0 amide bonds. The molecular weight excluding hydrogens is 525 g/mol. The van der Waals surface area contributed by atoms with Crippen molar-refractivity contribution < 1.29 is 0 Å². The first kappa shape index (κ1) is 35.7. The molecule has 3 aliphatic carbocycles. The minimum Gasteiger partial charge on any atom is -0.272 e. The zero-order valence-electron chi connectivity index (χ0n) is 28.0. The van der Waals surface area contributed by atoms with Gasteiger partial charge in [0.1, 0.15) is 0 Å². The van der Waals surface area contributed by atoms with E-state index >= 15 is 0 Å². The maximum absolute atomic E-state index is 4.98. The first-order chi connectivity index (χ1) is 20.3. The van der Waals surface area contributed by atoms with Gasteiger partial charge in [-0.05, 0) is 85.8 Å². The highest BCUT2D eigenvalue weighted by molar-refractivity contribution is 7.42. The van der Waals surface area contributed by atoms with Crippen molar-refractivity contribution in [2.45, 2.75) is 93.8 Å². The topological polar surface area (TPSA) is 12.4 Å². The number of benzene rings is 1. The molecule has 1 nitrogen and oxygen atoms in total. The second kappa shape index (κ2) is 18.2. The van der Waals surface area contributed by atoms with Crippen molar-refractivity contribution in [1.29, 1.82) is 0 Å². The summed E-state index contributed by atoms with van der Waals surface area (Å²) >= 11 is 0. The molecule has 0 N–H and O–H groups in total. The zero-order chi connectivity index (χ0) is 31.1. The Balaban J connectivity index is 0.000000267. The minimum absolute atomic E-state index is 0.281. The van der Waals surface area contributed by atoms with Crippen LogP contribution in [0.2, 0.25) is 0 Å². The van der Waals surface area contributed by atoms with Crippen molar-refractivity contribution in [2.24, 2.45) is 34.1 Å². The lowest BCUT2D eigenvalue weighted by Gasteiger charge is -2.39. The molecule has 1 aromatic rings. The van der Waals surface area contributed by atoms with Gasteiger partial charge in [0.25, 0.3) is 0 Å². The van der Waals surface area contributed by atoms with Crippen LogP contribution in [0.4, 0.5) is 0 Å². The Kier molecular flexibility index (Phi) is 15.5. The summed E-state index contributed by atoms with van der Waals surface area (Å²) in [5.74, 6) is 5.26. The van der Waals surface area contributed by atoms with E-state index in [0.29, 0.717) is 17.3 Å². The highest BCUT2D eigenvalue weighted by Crippen LogP contribution is 2.47. The second-order valence-electron chi connectivity index (χ2n) is 11.7. The van der Waals surface area contributed by atoms with Crippen molar-refractivity contribution in [3.05, 3.63) is 120 Å². The molecule has 0 saturated heterocycles. The summed E-state index contributed by atoms with van der Waals surface area (Å²) < 4.78 is 0. The van der Waals surface area contributed by atoms with Gasteiger partial charge in [-0.15, -0.1) is 6.58 Å². The zero-order valence-corrected chi connectivity index (χ0v) is 29.0. The van der Waals surface area contributed by atoms with E-state index in [9.17, 15) is 0 Å². The smallest absolute Gasteiger partial charge is 0.0954 e. The van der Waals surface area contributed by atoms with E-state index in [2.05, 4.69) is 132 Å². The first-order valence-corrected chi connectivity index (χ1v) is 17.6. The van der Waals surface area contributed by atoms with E-state index in [4.69, 9.17) is 4.99 Å². The highest BCUT2D eigenvalue weighted by atomic mass is 31.1. The number of aryl methyl sites for hydroxylation is 1. The monoisotopic (exact) mass is 583 g/mol. The van der Waals surface area contributed by atoms with Gasteiger partial charge in [-0.2, -0.15) is 0 Å². The van der Waals surface area contributed by atoms with Crippen molar-refractivity contribution in [3.63, 3.8) is 0 Å². The number of rotatable bonds is 4. The van der Waals surface area contributed by atoms with Gasteiger partial charge in [0, 0.05) is 0 Å². The molecule has 4 aliphatic rings. The Hall–Kier alpha value is -2.50. The number of nitrogens with zero attached hydrogens (tertiary/aromatic N) is 1. The normalized spacial score (nSPS) is 30.6. The van der Waals surface area contributed by atoms with Gasteiger partial charge in [-0.3, -0.25) is 4.99 Å². The third kappa shape index (κ3) is 9.77. The molecular formula is C40H58NP. The van der Waals surface area contributed by atoms with Crippen LogP contribution in [-0.4, -0.2) is 5.71 Å². The molecule has 2 bridgehead atoms. The standard InChI is InChI=1S/C19H20NP.C17H26.2C2H6/c1-14-4-3-5-16(9-6-14)18-12-13-21-19(20-18)17-10-7-15(2)8-11-17;1-5-14-7-8-15-9-10-16(14)17(4,6-2)12-11-13(15)3;2*1-2/h3-4,6-13,19,21H,5H2,1-2H3;5,7-8,11-16H,1,6,9-10H2,2-4H3;2*1-2H3/b;12-11-;;/t;13?,14?,15?,16-,17+;;/m.1../s1. The molecule has 228 valence electrons. The molecule has 2 heteroatoms. The van der Waals surface area contributed by atoms with Gasteiger partial charge in [0.15, 0.2) is 0 Å². The largest absolute Gasteiger partial charge is 0.272 e. The van der Waals surface area contributed by atoms with Crippen LogP contribution in [0.15, 0.2) is 114 Å². The molecule has 5 unspecified atom stereocenters. The van der Waals surface area contributed by atoms with Gasteiger partial charge in [-0.25, -0.2) is 0 Å². The van der Waals surface area contributed by atoms with Crippen LogP contribution in [0.1, 0.15) is 98.0 Å². The molecule has 0 spiro atoms. The average Bonchev–Trinajstić information content (AvgIpc) is 3.39. The molecule has 7 atom stereocenters. The van der Waals surface area contributed by atoms with Gasteiger partial charge in [0.05, 0.1) is 11.5 Å². The van der Waals surface area contributed by atoms with E-state index in [1.807, 2.05) is 27.7 Å². The van der Waals surface area contributed by atoms with Crippen molar-refractivity contribution in [1.82, 2.24) is 0 Å². The maximum atomic E-state index is 4.98. The number of hydrogen-bond acceptors (Lipinski definition) is 1. The van der Waals surface area contributed by atoms with Crippen LogP contribution in [0.25, 0.3) is 0 Å². The second-order valence-corrected chi connectivity index (χ2v) is 12.9. The molecule has 0 fully saturated rings. The van der Waals surface area contributed by atoms with Crippen molar-refractivity contribution in [2.75, 3.05) is 0 Å². The Morgan fingerprint density at radius 2 is 1.69 bits per heavy atom. The molecule has 5 rings (SSSR count). The SMILES string of the molecule is C=CC1C=CC2CC[C@H]1[C@@](C)(CC)/C=C\C2C.CC.CC.CC1=CC=C(C2=NC(c3ccc(C)cc3)PC=C2)CC=C1. The average molecular weight is 584 g/mol.